The highest BCUT2D eigenvalue weighted by Gasteiger charge is 2.25. The van der Waals surface area contributed by atoms with Crippen molar-refractivity contribution in [1.29, 1.82) is 0 Å². The van der Waals surface area contributed by atoms with Gasteiger partial charge >= 0.3 is 12.1 Å². The summed E-state index contributed by atoms with van der Waals surface area (Å²) in [6, 6.07) is 1.86. The molecule has 0 aromatic carbocycles. The second-order valence-electron chi connectivity index (χ2n) is 5.51. The van der Waals surface area contributed by atoms with Gasteiger partial charge in [-0.3, -0.25) is 0 Å². The molecule has 1 aromatic heterocycles. The van der Waals surface area contributed by atoms with Crippen molar-refractivity contribution in [3.8, 4) is 0 Å². The van der Waals surface area contributed by atoms with Crippen LogP contribution in [0, 0.1) is 5.41 Å². The van der Waals surface area contributed by atoms with E-state index in [4.69, 9.17) is 9.84 Å². The lowest BCUT2D eigenvalue weighted by molar-refractivity contribution is 0.0675. The van der Waals surface area contributed by atoms with E-state index in [-0.39, 0.29) is 12.0 Å². The van der Waals surface area contributed by atoms with Crippen LogP contribution in [-0.4, -0.2) is 28.3 Å². The summed E-state index contributed by atoms with van der Waals surface area (Å²) in [5, 5.41) is 8.89. The number of alkyl halides is 2. The Hall–Kier alpha value is -1.92. The Kier molecular flexibility index (Phi) is 4.86. The molecule has 7 heteroatoms. The van der Waals surface area contributed by atoms with Gasteiger partial charge in [0.2, 0.25) is 0 Å². The smallest absolute Gasteiger partial charge is 0.419 e. The van der Waals surface area contributed by atoms with Crippen molar-refractivity contribution in [3.05, 3.63) is 23.5 Å². The van der Waals surface area contributed by atoms with Crippen LogP contribution < -0.4 is 0 Å². The molecule has 0 aliphatic rings. The molecule has 0 aliphatic heterocycles. The van der Waals surface area contributed by atoms with E-state index in [1.54, 1.807) is 0 Å². The van der Waals surface area contributed by atoms with Crippen molar-refractivity contribution in [2.45, 2.75) is 33.6 Å². The van der Waals surface area contributed by atoms with Gasteiger partial charge in [-0.05, 0) is 24.0 Å². The van der Waals surface area contributed by atoms with E-state index in [1.165, 1.54) is 0 Å². The molecule has 0 unspecified atom stereocenters. The number of aromatic nitrogens is 1. The SMILES string of the molecule is CC(C)(C)CCOC(=O)n1c(C(=O)O)ccc1C(F)F. The van der Waals surface area contributed by atoms with E-state index in [2.05, 4.69) is 0 Å². The molecule has 0 atom stereocenters. The van der Waals surface area contributed by atoms with Crippen LogP contribution in [0.15, 0.2) is 12.1 Å². The van der Waals surface area contributed by atoms with Crippen LogP contribution in [-0.2, 0) is 4.74 Å². The summed E-state index contributed by atoms with van der Waals surface area (Å²) in [4.78, 5) is 22.7. The van der Waals surface area contributed by atoms with E-state index < -0.39 is 29.9 Å². The van der Waals surface area contributed by atoms with Crippen LogP contribution in [0.25, 0.3) is 0 Å². The maximum absolute atomic E-state index is 12.8. The van der Waals surface area contributed by atoms with Gasteiger partial charge in [-0.2, -0.15) is 0 Å². The average molecular weight is 289 g/mol. The first kappa shape index (κ1) is 16.1. The van der Waals surface area contributed by atoms with Crippen molar-refractivity contribution in [2.24, 2.45) is 5.41 Å². The van der Waals surface area contributed by atoms with E-state index in [0.717, 1.165) is 12.1 Å². The third-order valence-corrected chi connectivity index (χ3v) is 2.61. The molecule has 112 valence electrons. The third kappa shape index (κ3) is 4.04. The molecular weight excluding hydrogens is 272 g/mol. The number of rotatable bonds is 4. The second-order valence-corrected chi connectivity index (χ2v) is 5.51. The van der Waals surface area contributed by atoms with Crippen molar-refractivity contribution < 1.29 is 28.2 Å². The van der Waals surface area contributed by atoms with Crippen LogP contribution in [0.3, 0.4) is 0 Å². The van der Waals surface area contributed by atoms with Crippen LogP contribution in [0.4, 0.5) is 13.6 Å². The first-order valence-corrected chi connectivity index (χ1v) is 6.03. The average Bonchev–Trinajstić information content (AvgIpc) is 2.71. The zero-order valence-corrected chi connectivity index (χ0v) is 11.5. The monoisotopic (exact) mass is 289 g/mol. The molecule has 0 fully saturated rings. The molecule has 1 aromatic rings. The number of carboxylic acids is 1. The molecular formula is C13H17F2NO4. The minimum atomic E-state index is -2.96. The largest absolute Gasteiger partial charge is 0.477 e. The lowest BCUT2D eigenvalue weighted by Gasteiger charge is -2.18. The lowest BCUT2D eigenvalue weighted by Crippen LogP contribution is -2.23. The number of nitrogens with zero attached hydrogens (tertiary/aromatic N) is 1. The number of ether oxygens (including phenoxy) is 1. The highest BCUT2D eigenvalue weighted by Crippen LogP contribution is 2.23. The van der Waals surface area contributed by atoms with E-state index >= 15 is 0 Å². The van der Waals surface area contributed by atoms with Crippen molar-refractivity contribution in [3.63, 3.8) is 0 Å². The zero-order chi connectivity index (χ0) is 15.5. The maximum atomic E-state index is 12.8. The van der Waals surface area contributed by atoms with Crippen LogP contribution in [0.1, 0.15) is 49.8 Å². The molecule has 1 N–H and O–H groups in total. The molecule has 1 rings (SSSR count). The number of halogens is 2. The van der Waals surface area contributed by atoms with Crippen LogP contribution in [0.5, 0.6) is 0 Å². The third-order valence-electron chi connectivity index (χ3n) is 2.61. The highest BCUT2D eigenvalue weighted by atomic mass is 19.3. The maximum Gasteiger partial charge on any atom is 0.419 e. The van der Waals surface area contributed by atoms with Gasteiger partial charge < -0.3 is 9.84 Å². The number of carbonyl (C=O) groups is 2. The van der Waals surface area contributed by atoms with Gasteiger partial charge in [-0.1, -0.05) is 20.8 Å². The molecule has 0 spiro atoms. The summed E-state index contributed by atoms with van der Waals surface area (Å²) < 4.78 is 30.8. The Morgan fingerprint density at radius 1 is 1.35 bits per heavy atom. The van der Waals surface area contributed by atoms with Crippen molar-refractivity contribution >= 4 is 12.1 Å². The second kappa shape index (κ2) is 6.02. The van der Waals surface area contributed by atoms with Gasteiger partial charge in [0, 0.05) is 0 Å². The van der Waals surface area contributed by atoms with E-state index in [1.807, 2.05) is 20.8 Å². The fourth-order valence-electron chi connectivity index (χ4n) is 1.50. The van der Waals surface area contributed by atoms with Gasteiger partial charge in [0.15, 0.2) is 0 Å². The normalized spacial score (nSPS) is 11.7. The molecule has 0 radical (unpaired) electrons. The minimum Gasteiger partial charge on any atom is -0.477 e. The summed E-state index contributed by atoms with van der Waals surface area (Å²) >= 11 is 0. The van der Waals surface area contributed by atoms with E-state index in [9.17, 15) is 18.4 Å². The van der Waals surface area contributed by atoms with Crippen molar-refractivity contribution in [1.82, 2.24) is 4.57 Å². The Morgan fingerprint density at radius 2 is 1.95 bits per heavy atom. The Balaban J connectivity index is 2.91. The summed E-state index contributed by atoms with van der Waals surface area (Å²) in [6.45, 7) is 5.83. The minimum absolute atomic E-state index is 0.0300. The number of hydrogen-bond acceptors (Lipinski definition) is 3. The highest BCUT2D eigenvalue weighted by molar-refractivity contribution is 5.91. The topological polar surface area (TPSA) is 68.5 Å². The number of carboxylic acid groups (broad SMARTS) is 1. The van der Waals surface area contributed by atoms with Gasteiger partial charge in [-0.25, -0.2) is 22.9 Å². The summed E-state index contributed by atoms with van der Waals surface area (Å²) in [7, 11) is 0. The standard InChI is InChI=1S/C13H17F2NO4/c1-13(2,3)6-7-20-12(19)16-8(10(14)15)4-5-9(16)11(17)18/h4-5,10H,6-7H2,1-3H3,(H,17,18). The number of hydrogen-bond donors (Lipinski definition) is 1. The van der Waals surface area contributed by atoms with Gasteiger partial charge in [0.25, 0.3) is 6.43 Å². The lowest BCUT2D eigenvalue weighted by atomic mass is 9.93. The Bertz CT molecular complexity index is 503. The summed E-state index contributed by atoms with van der Waals surface area (Å²) in [6.07, 6.45) is -3.53. The first-order valence-electron chi connectivity index (χ1n) is 6.03. The van der Waals surface area contributed by atoms with Gasteiger partial charge in [0.1, 0.15) is 5.69 Å². The van der Waals surface area contributed by atoms with Crippen molar-refractivity contribution in [2.75, 3.05) is 6.61 Å². The molecule has 1 heterocycles. The predicted molar refractivity (Wildman–Crippen MR) is 67.2 cm³/mol. The summed E-state index contributed by atoms with van der Waals surface area (Å²) in [5.74, 6) is -1.47. The van der Waals surface area contributed by atoms with Crippen LogP contribution >= 0.6 is 0 Å². The molecule has 0 aliphatic carbocycles. The molecule has 0 saturated heterocycles. The van der Waals surface area contributed by atoms with E-state index in [0.29, 0.717) is 11.0 Å². The summed E-state index contributed by atoms with van der Waals surface area (Å²) in [5.41, 5.74) is -1.32. The fraction of sp³-hybridized carbons (Fsp3) is 0.538. The first-order chi connectivity index (χ1) is 9.13. The Morgan fingerprint density at radius 3 is 2.40 bits per heavy atom. The molecule has 0 saturated carbocycles. The Labute approximate surface area is 115 Å². The predicted octanol–water partition coefficient (Wildman–Crippen LogP) is 3.54. The molecule has 20 heavy (non-hydrogen) atoms. The fourth-order valence-corrected chi connectivity index (χ4v) is 1.50. The molecule has 0 amide bonds. The molecule has 0 bridgehead atoms. The van der Waals surface area contributed by atoms with Gasteiger partial charge in [-0.15, -0.1) is 0 Å². The van der Waals surface area contributed by atoms with Gasteiger partial charge in [0.05, 0.1) is 12.3 Å². The number of carbonyl (C=O) groups excluding carboxylic acids is 1. The molecule has 5 nitrogen and oxygen atoms in total. The number of aromatic carboxylic acids is 1. The quantitative estimate of drug-likeness (QED) is 0.920. The van der Waals surface area contributed by atoms with Crippen LogP contribution in [0.2, 0.25) is 0 Å². The zero-order valence-electron chi connectivity index (χ0n) is 11.5.